The number of carbonyl (C=O) groups excluding carboxylic acids is 1. The molecule has 6 nitrogen and oxygen atoms in total. The maximum Gasteiger partial charge on any atom is 0.335 e. The quantitative estimate of drug-likeness (QED) is 0.906. The van der Waals surface area contributed by atoms with E-state index in [0.717, 1.165) is 0 Å². The van der Waals surface area contributed by atoms with Crippen molar-refractivity contribution >= 4 is 17.7 Å². The molecule has 0 fully saturated rings. The zero-order valence-corrected chi connectivity index (χ0v) is 11.8. The molecule has 1 aromatic carbocycles. The third-order valence-electron chi connectivity index (χ3n) is 3.03. The molecule has 21 heavy (non-hydrogen) atoms. The van der Waals surface area contributed by atoms with Crippen LogP contribution in [0.3, 0.4) is 0 Å². The number of carboxylic acids is 1. The molecule has 0 bridgehead atoms. The normalized spacial score (nSPS) is 10.2. The van der Waals surface area contributed by atoms with E-state index in [0.29, 0.717) is 23.6 Å². The molecule has 0 saturated heterocycles. The van der Waals surface area contributed by atoms with Crippen LogP contribution in [0.25, 0.3) is 0 Å². The number of carbonyl (C=O) groups is 2. The van der Waals surface area contributed by atoms with Gasteiger partial charge in [0.15, 0.2) is 0 Å². The van der Waals surface area contributed by atoms with E-state index < -0.39 is 5.97 Å². The summed E-state index contributed by atoms with van der Waals surface area (Å²) in [6.07, 6.45) is 1.55. The van der Waals surface area contributed by atoms with Gasteiger partial charge in [-0.3, -0.25) is 0 Å². The van der Waals surface area contributed by atoms with Gasteiger partial charge < -0.3 is 19.7 Å². The number of amides is 2. The molecule has 2 N–H and O–H groups in total. The van der Waals surface area contributed by atoms with Crippen molar-refractivity contribution in [2.24, 2.45) is 0 Å². The van der Waals surface area contributed by atoms with Crippen LogP contribution in [0.15, 0.2) is 41.0 Å². The standard InChI is InChI=1S/C15H16N2O4/c1-10-8-11(14(18)19)5-6-13(10)16-15(20)17(2)9-12-4-3-7-21-12/h3-8H,9H2,1-2H3,(H,16,20)(H,18,19). The van der Waals surface area contributed by atoms with Crippen molar-refractivity contribution in [2.75, 3.05) is 12.4 Å². The Morgan fingerprint density at radius 1 is 1.33 bits per heavy atom. The van der Waals surface area contributed by atoms with E-state index in [2.05, 4.69) is 5.32 Å². The van der Waals surface area contributed by atoms with Crippen molar-refractivity contribution in [1.29, 1.82) is 0 Å². The number of hydrogen-bond donors (Lipinski definition) is 2. The van der Waals surface area contributed by atoms with Gasteiger partial charge in [-0.15, -0.1) is 0 Å². The average Bonchev–Trinajstić information content (AvgIpc) is 2.93. The molecule has 0 radical (unpaired) electrons. The summed E-state index contributed by atoms with van der Waals surface area (Å²) in [4.78, 5) is 24.4. The summed E-state index contributed by atoms with van der Waals surface area (Å²) in [5, 5.41) is 11.6. The van der Waals surface area contributed by atoms with Gasteiger partial charge in [0.1, 0.15) is 5.76 Å². The third kappa shape index (κ3) is 3.62. The lowest BCUT2D eigenvalue weighted by Crippen LogP contribution is -2.30. The minimum Gasteiger partial charge on any atom is -0.478 e. The molecule has 0 spiro atoms. The molecule has 2 rings (SSSR count). The highest BCUT2D eigenvalue weighted by atomic mass is 16.4. The lowest BCUT2D eigenvalue weighted by atomic mass is 10.1. The predicted octanol–water partition coefficient (Wildman–Crippen LogP) is 2.95. The molecule has 110 valence electrons. The Hall–Kier alpha value is -2.76. The molecule has 0 atom stereocenters. The van der Waals surface area contributed by atoms with Crippen LogP contribution in [-0.4, -0.2) is 29.1 Å². The van der Waals surface area contributed by atoms with Crippen LogP contribution >= 0.6 is 0 Å². The number of urea groups is 1. The van der Waals surface area contributed by atoms with Crippen LogP contribution in [0.2, 0.25) is 0 Å². The Balaban J connectivity index is 2.03. The molecular weight excluding hydrogens is 272 g/mol. The van der Waals surface area contributed by atoms with Crippen LogP contribution in [0, 0.1) is 6.92 Å². The largest absolute Gasteiger partial charge is 0.478 e. The van der Waals surface area contributed by atoms with Crippen molar-refractivity contribution < 1.29 is 19.1 Å². The van der Waals surface area contributed by atoms with Crippen molar-refractivity contribution in [3.05, 3.63) is 53.5 Å². The van der Waals surface area contributed by atoms with Gasteiger partial charge in [-0.2, -0.15) is 0 Å². The molecule has 6 heteroatoms. The minimum absolute atomic E-state index is 0.189. The lowest BCUT2D eigenvalue weighted by Gasteiger charge is -2.17. The fourth-order valence-electron chi connectivity index (χ4n) is 1.86. The molecule has 1 aromatic heterocycles. The first-order valence-electron chi connectivity index (χ1n) is 6.36. The highest BCUT2D eigenvalue weighted by Crippen LogP contribution is 2.17. The maximum absolute atomic E-state index is 12.1. The second-order valence-corrected chi connectivity index (χ2v) is 4.70. The number of hydrogen-bond acceptors (Lipinski definition) is 3. The van der Waals surface area contributed by atoms with Gasteiger partial charge >= 0.3 is 12.0 Å². The molecular formula is C15H16N2O4. The summed E-state index contributed by atoms with van der Waals surface area (Å²) in [5.74, 6) is -0.309. The van der Waals surface area contributed by atoms with Crippen LogP contribution < -0.4 is 5.32 Å². The molecule has 0 saturated carbocycles. The minimum atomic E-state index is -0.995. The van der Waals surface area contributed by atoms with E-state index in [1.165, 1.54) is 17.0 Å². The van der Waals surface area contributed by atoms with Gasteiger partial charge in [0.05, 0.1) is 18.4 Å². The van der Waals surface area contributed by atoms with Gasteiger partial charge in [0, 0.05) is 12.7 Å². The number of anilines is 1. The lowest BCUT2D eigenvalue weighted by molar-refractivity contribution is 0.0697. The molecule has 2 amide bonds. The smallest absolute Gasteiger partial charge is 0.335 e. The summed E-state index contributed by atoms with van der Waals surface area (Å²) >= 11 is 0. The number of nitrogens with one attached hydrogen (secondary N) is 1. The number of aromatic carboxylic acids is 1. The third-order valence-corrected chi connectivity index (χ3v) is 3.03. The molecule has 0 aliphatic heterocycles. The second-order valence-electron chi connectivity index (χ2n) is 4.70. The van der Waals surface area contributed by atoms with Crippen molar-refractivity contribution in [1.82, 2.24) is 4.90 Å². The Labute approximate surface area is 122 Å². The highest BCUT2D eigenvalue weighted by molar-refractivity contribution is 5.92. The Bertz CT molecular complexity index is 650. The molecule has 0 aliphatic rings. The van der Waals surface area contributed by atoms with Crippen molar-refractivity contribution in [3.63, 3.8) is 0 Å². The highest BCUT2D eigenvalue weighted by Gasteiger charge is 2.13. The zero-order valence-electron chi connectivity index (χ0n) is 11.8. The topological polar surface area (TPSA) is 82.8 Å². The molecule has 2 aromatic rings. The Morgan fingerprint density at radius 2 is 2.10 bits per heavy atom. The van der Waals surface area contributed by atoms with E-state index in [-0.39, 0.29) is 11.6 Å². The number of benzene rings is 1. The van der Waals surface area contributed by atoms with Crippen LogP contribution in [0.4, 0.5) is 10.5 Å². The first kappa shape index (κ1) is 14.6. The summed E-state index contributed by atoms with van der Waals surface area (Å²) in [6, 6.07) is 7.81. The second kappa shape index (κ2) is 6.13. The number of carboxylic acid groups (broad SMARTS) is 1. The van der Waals surface area contributed by atoms with E-state index in [1.54, 1.807) is 38.4 Å². The predicted molar refractivity (Wildman–Crippen MR) is 77.3 cm³/mol. The van der Waals surface area contributed by atoms with E-state index in [1.807, 2.05) is 0 Å². The van der Waals surface area contributed by atoms with Crippen LogP contribution in [0.1, 0.15) is 21.7 Å². The van der Waals surface area contributed by atoms with E-state index in [9.17, 15) is 9.59 Å². The molecule has 1 heterocycles. The summed E-state index contributed by atoms with van der Waals surface area (Å²) in [7, 11) is 1.65. The Kier molecular flexibility index (Phi) is 4.27. The van der Waals surface area contributed by atoms with Gasteiger partial charge in [0.25, 0.3) is 0 Å². The summed E-state index contributed by atoms with van der Waals surface area (Å²) in [6.45, 7) is 2.10. The van der Waals surface area contributed by atoms with Gasteiger partial charge in [-0.1, -0.05) is 0 Å². The fraction of sp³-hybridized carbons (Fsp3) is 0.200. The number of furan rings is 1. The Morgan fingerprint density at radius 3 is 2.67 bits per heavy atom. The van der Waals surface area contributed by atoms with Gasteiger partial charge in [-0.25, -0.2) is 9.59 Å². The fourth-order valence-corrected chi connectivity index (χ4v) is 1.86. The van der Waals surface area contributed by atoms with Gasteiger partial charge in [-0.05, 0) is 42.8 Å². The van der Waals surface area contributed by atoms with E-state index >= 15 is 0 Å². The van der Waals surface area contributed by atoms with E-state index in [4.69, 9.17) is 9.52 Å². The molecule has 0 unspecified atom stereocenters. The average molecular weight is 288 g/mol. The first-order chi connectivity index (χ1) is 9.97. The summed E-state index contributed by atoms with van der Waals surface area (Å²) < 4.78 is 5.18. The van der Waals surface area contributed by atoms with Crippen molar-refractivity contribution in [3.8, 4) is 0 Å². The zero-order chi connectivity index (χ0) is 15.4. The van der Waals surface area contributed by atoms with Crippen molar-refractivity contribution in [2.45, 2.75) is 13.5 Å². The number of nitrogens with zero attached hydrogens (tertiary/aromatic N) is 1. The summed E-state index contributed by atoms with van der Waals surface area (Å²) in [5.41, 5.74) is 1.46. The van der Waals surface area contributed by atoms with Crippen LogP contribution in [-0.2, 0) is 6.54 Å². The van der Waals surface area contributed by atoms with Gasteiger partial charge in [0.2, 0.25) is 0 Å². The number of aryl methyl sites for hydroxylation is 1. The SMILES string of the molecule is Cc1cc(C(=O)O)ccc1NC(=O)N(C)Cc1ccco1. The molecule has 0 aliphatic carbocycles. The van der Waals surface area contributed by atoms with Crippen LogP contribution in [0.5, 0.6) is 0 Å². The maximum atomic E-state index is 12.1. The number of rotatable bonds is 4. The monoisotopic (exact) mass is 288 g/mol. The first-order valence-corrected chi connectivity index (χ1v) is 6.36.